The van der Waals surface area contributed by atoms with E-state index in [1.807, 2.05) is 13.8 Å². The molecule has 0 radical (unpaired) electrons. The maximum Gasteiger partial charge on any atom is 0.154 e. The highest BCUT2D eigenvalue weighted by molar-refractivity contribution is 6.31. The van der Waals surface area contributed by atoms with Crippen molar-refractivity contribution in [2.75, 3.05) is 0 Å². The fourth-order valence-electron chi connectivity index (χ4n) is 1.39. The lowest BCUT2D eigenvalue weighted by molar-refractivity contribution is 0.826. The molecule has 0 fully saturated rings. The van der Waals surface area contributed by atoms with Crippen molar-refractivity contribution >= 4 is 11.6 Å². The Kier molecular flexibility index (Phi) is 2.63. The van der Waals surface area contributed by atoms with Gasteiger partial charge >= 0.3 is 0 Å². The molecule has 0 aromatic carbocycles. The quantitative estimate of drug-likeness (QED) is 0.759. The molecule has 16 heavy (non-hydrogen) atoms. The van der Waals surface area contributed by atoms with Gasteiger partial charge < -0.3 is 0 Å². The normalized spacial score (nSPS) is 10.1. The van der Waals surface area contributed by atoms with E-state index in [9.17, 15) is 0 Å². The van der Waals surface area contributed by atoms with Crippen LogP contribution < -0.4 is 0 Å². The molecule has 0 amide bonds. The molecule has 2 aromatic rings. The summed E-state index contributed by atoms with van der Waals surface area (Å²) in [5, 5.41) is 13.7. The van der Waals surface area contributed by atoms with E-state index >= 15 is 0 Å². The lowest BCUT2D eigenvalue weighted by Gasteiger charge is -2.02. The zero-order valence-electron chi connectivity index (χ0n) is 8.90. The number of aryl methyl sites for hydroxylation is 2. The molecular weight excluding hydrogens is 224 g/mol. The van der Waals surface area contributed by atoms with Crippen LogP contribution in [0.5, 0.6) is 0 Å². The molecule has 2 heterocycles. The Morgan fingerprint density at radius 1 is 1.38 bits per heavy atom. The van der Waals surface area contributed by atoms with Crippen molar-refractivity contribution in [3.8, 4) is 11.9 Å². The minimum absolute atomic E-state index is 0.562. The summed E-state index contributed by atoms with van der Waals surface area (Å²) in [5.41, 5.74) is 2.08. The number of hydrogen-bond acceptors (Lipinski definition) is 3. The van der Waals surface area contributed by atoms with Gasteiger partial charge in [-0.2, -0.15) is 10.4 Å². The summed E-state index contributed by atoms with van der Waals surface area (Å²) in [7, 11) is 0. The van der Waals surface area contributed by atoms with Crippen molar-refractivity contribution < 1.29 is 0 Å². The predicted molar refractivity (Wildman–Crippen MR) is 60.6 cm³/mol. The first-order valence-electron chi connectivity index (χ1n) is 4.71. The van der Waals surface area contributed by atoms with Crippen molar-refractivity contribution in [2.24, 2.45) is 0 Å². The van der Waals surface area contributed by atoms with Crippen molar-refractivity contribution in [3.05, 3.63) is 40.3 Å². The van der Waals surface area contributed by atoms with E-state index < -0.39 is 0 Å². The van der Waals surface area contributed by atoms with Gasteiger partial charge in [0.15, 0.2) is 5.82 Å². The molecule has 0 N–H and O–H groups in total. The number of nitrogens with zero attached hydrogens (tertiary/aromatic N) is 4. The van der Waals surface area contributed by atoms with Crippen LogP contribution >= 0.6 is 11.6 Å². The van der Waals surface area contributed by atoms with Crippen LogP contribution in [0.1, 0.15) is 17.0 Å². The Morgan fingerprint density at radius 3 is 2.69 bits per heavy atom. The zero-order chi connectivity index (χ0) is 11.7. The fourth-order valence-corrected chi connectivity index (χ4v) is 1.52. The van der Waals surface area contributed by atoms with Crippen LogP contribution in [0.2, 0.25) is 5.02 Å². The van der Waals surface area contributed by atoms with Gasteiger partial charge in [-0.1, -0.05) is 11.6 Å². The van der Waals surface area contributed by atoms with Crippen LogP contribution in [0.4, 0.5) is 0 Å². The van der Waals surface area contributed by atoms with Gasteiger partial charge in [0.05, 0.1) is 28.5 Å². The molecule has 80 valence electrons. The molecule has 4 nitrogen and oxygen atoms in total. The lowest BCUT2D eigenvalue weighted by atomic mass is 10.2. The van der Waals surface area contributed by atoms with E-state index in [-0.39, 0.29) is 0 Å². The summed E-state index contributed by atoms with van der Waals surface area (Å²) in [6.07, 6.45) is 1.68. The maximum atomic E-state index is 8.86. The summed E-state index contributed by atoms with van der Waals surface area (Å²) in [5.74, 6) is 0.603. The molecule has 0 saturated carbocycles. The first kappa shape index (κ1) is 10.7. The molecular formula is C11H9ClN4. The minimum Gasteiger partial charge on any atom is -0.234 e. The second-order valence-corrected chi connectivity index (χ2v) is 3.88. The molecule has 0 bridgehead atoms. The molecule has 5 heteroatoms. The Labute approximate surface area is 98.1 Å². The SMILES string of the molecule is Cc1cc(C#N)cc(-n2cc(Cl)c(C)n2)n1. The van der Waals surface area contributed by atoms with E-state index in [4.69, 9.17) is 16.9 Å². The minimum atomic E-state index is 0.562. The second-order valence-electron chi connectivity index (χ2n) is 3.47. The first-order chi connectivity index (χ1) is 7.60. The van der Waals surface area contributed by atoms with Crippen LogP contribution in [-0.4, -0.2) is 14.8 Å². The molecule has 2 rings (SSSR count). The van der Waals surface area contributed by atoms with Crippen LogP contribution in [-0.2, 0) is 0 Å². The van der Waals surface area contributed by atoms with Gasteiger partial charge in [-0.3, -0.25) is 0 Å². The van der Waals surface area contributed by atoms with Crippen molar-refractivity contribution in [1.82, 2.24) is 14.8 Å². The molecule has 0 saturated heterocycles. The number of aromatic nitrogens is 3. The van der Waals surface area contributed by atoms with Crippen molar-refractivity contribution in [2.45, 2.75) is 13.8 Å². The Bertz CT molecular complexity index is 561. The predicted octanol–water partition coefficient (Wildman–Crippen LogP) is 2.41. The average molecular weight is 233 g/mol. The second kappa shape index (κ2) is 3.95. The highest BCUT2D eigenvalue weighted by Crippen LogP contribution is 2.16. The Morgan fingerprint density at radius 2 is 2.12 bits per heavy atom. The smallest absolute Gasteiger partial charge is 0.154 e. The summed E-state index contributed by atoms with van der Waals surface area (Å²) < 4.78 is 1.57. The molecule has 0 aliphatic rings. The largest absolute Gasteiger partial charge is 0.234 e. The Balaban J connectivity index is 2.56. The molecule has 0 unspecified atom stereocenters. The summed E-state index contributed by atoms with van der Waals surface area (Å²) in [6, 6.07) is 5.49. The van der Waals surface area contributed by atoms with Crippen LogP contribution in [0.3, 0.4) is 0 Å². The van der Waals surface area contributed by atoms with Gasteiger partial charge in [-0.15, -0.1) is 0 Å². The standard InChI is InChI=1S/C11H9ClN4/c1-7-3-9(5-13)4-11(14-7)16-6-10(12)8(2)15-16/h3-4,6H,1-2H3. The van der Waals surface area contributed by atoms with E-state index in [0.717, 1.165) is 11.4 Å². The number of rotatable bonds is 1. The molecule has 0 atom stereocenters. The lowest BCUT2D eigenvalue weighted by Crippen LogP contribution is -2.00. The molecule has 0 spiro atoms. The van der Waals surface area contributed by atoms with E-state index in [2.05, 4.69) is 16.2 Å². The number of nitriles is 1. The van der Waals surface area contributed by atoms with Gasteiger partial charge in [-0.25, -0.2) is 9.67 Å². The summed E-state index contributed by atoms with van der Waals surface area (Å²) in [4.78, 5) is 4.30. The highest BCUT2D eigenvalue weighted by atomic mass is 35.5. The van der Waals surface area contributed by atoms with Gasteiger partial charge in [0.2, 0.25) is 0 Å². The van der Waals surface area contributed by atoms with E-state index in [1.54, 1.807) is 23.0 Å². The maximum absolute atomic E-state index is 8.86. The van der Waals surface area contributed by atoms with Crippen LogP contribution in [0, 0.1) is 25.2 Å². The van der Waals surface area contributed by atoms with Gasteiger partial charge in [0, 0.05) is 11.8 Å². The monoisotopic (exact) mass is 232 g/mol. The van der Waals surface area contributed by atoms with Crippen LogP contribution in [0.25, 0.3) is 5.82 Å². The third-order valence-corrected chi connectivity index (χ3v) is 2.51. The molecule has 0 aliphatic heterocycles. The highest BCUT2D eigenvalue weighted by Gasteiger charge is 2.06. The van der Waals surface area contributed by atoms with E-state index in [0.29, 0.717) is 16.4 Å². The van der Waals surface area contributed by atoms with Crippen molar-refractivity contribution in [3.63, 3.8) is 0 Å². The topological polar surface area (TPSA) is 54.5 Å². The van der Waals surface area contributed by atoms with Gasteiger partial charge in [0.25, 0.3) is 0 Å². The number of pyridine rings is 1. The van der Waals surface area contributed by atoms with Crippen LogP contribution in [0.15, 0.2) is 18.3 Å². The van der Waals surface area contributed by atoms with Crippen molar-refractivity contribution in [1.29, 1.82) is 5.26 Å². The van der Waals surface area contributed by atoms with Gasteiger partial charge in [-0.05, 0) is 19.9 Å². The number of halogens is 1. The summed E-state index contributed by atoms with van der Waals surface area (Å²) >= 11 is 5.92. The van der Waals surface area contributed by atoms with Gasteiger partial charge in [0.1, 0.15) is 0 Å². The van der Waals surface area contributed by atoms with E-state index in [1.165, 1.54) is 0 Å². The number of hydrogen-bond donors (Lipinski definition) is 0. The third kappa shape index (κ3) is 1.90. The third-order valence-electron chi connectivity index (χ3n) is 2.14. The molecule has 2 aromatic heterocycles. The summed E-state index contributed by atoms with van der Waals surface area (Å²) in [6.45, 7) is 3.65. The molecule has 0 aliphatic carbocycles. The Hall–Kier alpha value is -1.86. The fraction of sp³-hybridized carbons (Fsp3) is 0.182. The average Bonchev–Trinajstić information content (AvgIpc) is 2.58. The zero-order valence-corrected chi connectivity index (χ0v) is 9.65. The first-order valence-corrected chi connectivity index (χ1v) is 5.09.